The fourth-order valence-corrected chi connectivity index (χ4v) is 3.02. The van der Waals surface area contributed by atoms with Gasteiger partial charge in [-0.15, -0.1) is 11.8 Å². The highest BCUT2D eigenvalue weighted by Gasteiger charge is 2.13. The van der Waals surface area contributed by atoms with Gasteiger partial charge < -0.3 is 5.73 Å². The molecular formula is C15H15F2NS. The van der Waals surface area contributed by atoms with Gasteiger partial charge in [-0.25, -0.2) is 8.78 Å². The zero-order valence-electron chi connectivity index (χ0n) is 10.4. The number of benzene rings is 2. The van der Waals surface area contributed by atoms with Crippen LogP contribution in [0.15, 0.2) is 53.4 Å². The maximum atomic E-state index is 13.2. The van der Waals surface area contributed by atoms with Gasteiger partial charge in [0.2, 0.25) is 0 Å². The standard InChI is InChI=1S/C15H15F2NS/c16-13-7-6-12(10-14(13)17)19-15(8-9-18)11-4-2-1-3-5-11/h1-7,10,15H,8-9,18H2. The van der Waals surface area contributed by atoms with E-state index in [1.807, 2.05) is 30.3 Å². The van der Waals surface area contributed by atoms with E-state index in [0.29, 0.717) is 11.4 Å². The molecule has 1 atom stereocenters. The predicted molar refractivity (Wildman–Crippen MR) is 75.1 cm³/mol. The SMILES string of the molecule is NCCC(Sc1ccc(F)c(F)c1)c1ccccc1. The van der Waals surface area contributed by atoms with Crippen LogP contribution in [0.4, 0.5) is 8.78 Å². The van der Waals surface area contributed by atoms with Gasteiger partial charge in [0.25, 0.3) is 0 Å². The molecule has 0 radical (unpaired) electrons. The first kappa shape index (κ1) is 14.0. The Hall–Kier alpha value is -1.39. The van der Waals surface area contributed by atoms with Crippen LogP contribution in [-0.4, -0.2) is 6.54 Å². The van der Waals surface area contributed by atoms with Crippen molar-refractivity contribution in [1.29, 1.82) is 0 Å². The van der Waals surface area contributed by atoms with Gasteiger partial charge in [0.15, 0.2) is 11.6 Å². The molecule has 2 rings (SSSR count). The Morgan fingerprint density at radius 3 is 2.37 bits per heavy atom. The first-order valence-corrected chi connectivity index (χ1v) is 6.95. The van der Waals surface area contributed by atoms with Gasteiger partial charge in [-0.3, -0.25) is 0 Å². The van der Waals surface area contributed by atoms with Crippen molar-refractivity contribution in [1.82, 2.24) is 0 Å². The Balaban J connectivity index is 2.19. The van der Waals surface area contributed by atoms with E-state index in [1.54, 1.807) is 6.07 Å². The van der Waals surface area contributed by atoms with Crippen molar-refractivity contribution in [2.45, 2.75) is 16.6 Å². The minimum absolute atomic E-state index is 0.149. The number of rotatable bonds is 5. The summed E-state index contributed by atoms with van der Waals surface area (Å²) in [6.45, 7) is 0.552. The molecule has 0 saturated heterocycles. The Kier molecular flexibility index (Phi) is 4.93. The maximum Gasteiger partial charge on any atom is 0.159 e. The molecule has 0 aromatic heterocycles. The van der Waals surface area contributed by atoms with Crippen LogP contribution in [0.1, 0.15) is 17.2 Å². The van der Waals surface area contributed by atoms with Crippen LogP contribution >= 0.6 is 11.8 Å². The van der Waals surface area contributed by atoms with Crippen molar-refractivity contribution in [3.05, 3.63) is 65.7 Å². The smallest absolute Gasteiger partial charge is 0.159 e. The predicted octanol–water partition coefficient (Wildman–Crippen LogP) is 4.15. The minimum atomic E-state index is -0.820. The molecule has 0 spiro atoms. The van der Waals surface area contributed by atoms with E-state index in [0.717, 1.165) is 18.1 Å². The van der Waals surface area contributed by atoms with E-state index in [1.165, 1.54) is 17.8 Å². The fraction of sp³-hybridized carbons (Fsp3) is 0.200. The molecule has 19 heavy (non-hydrogen) atoms. The van der Waals surface area contributed by atoms with Crippen LogP contribution in [0.3, 0.4) is 0 Å². The number of hydrogen-bond acceptors (Lipinski definition) is 2. The third-order valence-corrected chi connectivity index (χ3v) is 4.09. The topological polar surface area (TPSA) is 26.0 Å². The van der Waals surface area contributed by atoms with Gasteiger partial charge in [-0.05, 0) is 36.7 Å². The Bertz CT molecular complexity index is 531. The molecule has 2 aromatic rings. The molecule has 0 aliphatic carbocycles. The molecule has 0 saturated carbocycles. The Morgan fingerprint density at radius 1 is 1.00 bits per heavy atom. The van der Waals surface area contributed by atoms with Crippen molar-refractivity contribution < 1.29 is 8.78 Å². The summed E-state index contributed by atoms with van der Waals surface area (Å²) in [6.07, 6.45) is 0.785. The number of hydrogen-bond donors (Lipinski definition) is 1. The van der Waals surface area contributed by atoms with Gasteiger partial charge in [0.1, 0.15) is 0 Å². The number of halogens is 2. The van der Waals surface area contributed by atoms with Crippen molar-refractivity contribution in [2.24, 2.45) is 5.73 Å². The van der Waals surface area contributed by atoms with Crippen molar-refractivity contribution >= 4 is 11.8 Å². The lowest BCUT2D eigenvalue weighted by Gasteiger charge is -2.16. The van der Waals surface area contributed by atoms with Crippen LogP contribution in [0.5, 0.6) is 0 Å². The van der Waals surface area contributed by atoms with Crippen molar-refractivity contribution in [3.63, 3.8) is 0 Å². The lowest BCUT2D eigenvalue weighted by atomic mass is 10.1. The number of nitrogens with two attached hydrogens (primary N) is 1. The second-order valence-electron chi connectivity index (χ2n) is 4.17. The summed E-state index contributed by atoms with van der Waals surface area (Å²) in [6, 6.07) is 13.9. The second-order valence-corrected chi connectivity index (χ2v) is 5.45. The third-order valence-electron chi connectivity index (χ3n) is 2.77. The van der Waals surface area contributed by atoms with E-state index in [2.05, 4.69) is 0 Å². The van der Waals surface area contributed by atoms with Gasteiger partial charge in [-0.2, -0.15) is 0 Å². The summed E-state index contributed by atoms with van der Waals surface area (Å²) < 4.78 is 26.1. The quantitative estimate of drug-likeness (QED) is 0.832. The molecule has 2 aromatic carbocycles. The Labute approximate surface area is 115 Å². The summed E-state index contributed by atoms with van der Waals surface area (Å²) in [5.74, 6) is -1.64. The molecule has 1 unspecified atom stereocenters. The lowest BCUT2D eigenvalue weighted by Crippen LogP contribution is -2.04. The molecule has 4 heteroatoms. The monoisotopic (exact) mass is 279 g/mol. The molecule has 0 heterocycles. The largest absolute Gasteiger partial charge is 0.330 e. The molecule has 100 valence electrons. The van der Waals surface area contributed by atoms with Crippen molar-refractivity contribution in [2.75, 3.05) is 6.54 Å². The van der Waals surface area contributed by atoms with Crippen LogP contribution in [-0.2, 0) is 0 Å². The average Bonchev–Trinajstić information content (AvgIpc) is 2.43. The highest BCUT2D eigenvalue weighted by Crippen LogP contribution is 2.37. The van der Waals surface area contributed by atoms with Crippen LogP contribution in [0.25, 0.3) is 0 Å². The average molecular weight is 279 g/mol. The molecular weight excluding hydrogens is 264 g/mol. The zero-order chi connectivity index (χ0) is 13.7. The minimum Gasteiger partial charge on any atom is -0.330 e. The van der Waals surface area contributed by atoms with Crippen molar-refractivity contribution in [3.8, 4) is 0 Å². The van der Waals surface area contributed by atoms with E-state index in [4.69, 9.17) is 5.73 Å². The zero-order valence-corrected chi connectivity index (χ0v) is 11.2. The molecule has 0 aliphatic rings. The Morgan fingerprint density at radius 2 is 1.74 bits per heavy atom. The molecule has 0 fully saturated rings. The van der Waals surface area contributed by atoms with Gasteiger partial charge >= 0.3 is 0 Å². The highest BCUT2D eigenvalue weighted by molar-refractivity contribution is 7.99. The van der Waals surface area contributed by atoms with Crippen LogP contribution in [0, 0.1) is 11.6 Å². The molecule has 2 N–H and O–H groups in total. The maximum absolute atomic E-state index is 13.2. The van der Waals surface area contributed by atoms with Gasteiger partial charge in [-0.1, -0.05) is 30.3 Å². The lowest BCUT2D eigenvalue weighted by molar-refractivity contribution is 0.506. The summed E-state index contributed by atoms with van der Waals surface area (Å²) in [5, 5.41) is 0.149. The number of thioether (sulfide) groups is 1. The fourth-order valence-electron chi connectivity index (χ4n) is 1.83. The molecule has 0 bridgehead atoms. The molecule has 1 nitrogen and oxygen atoms in total. The van der Waals surface area contributed by atoms with Crippen LogP contribution < -0.4 is 5.73 Å². The summed E-state index contributed by atoms with van der Waals surface area (Å²) >= 11 is 1.50. The third kappa shape index (κ3) is 3.78. The first-order valence-electron chi connectivity index (χ1n) is 6.07. The summed E-state index contributed by atoms with van der Waals surface area (Å²) in [5.41, 5.74) is 6.77. The highest BCUT2D eigenvalue weighted by atomic mass is 32.2. The van der Waals surface area contributed by atoms with E-state index < -0.39 is 11.6 Å². The molecule has 0 aliphatic heterocycles. The van der Waals surface area contributed by atoms with E-state index in [9.17, 15) is 8.78 Å². The van der Waals surface area contributed by atoms with Gasteiger partial charge in [0.05, 0.1) is 0 Å². The van der Waals surface area contributed by atoms with E-state index >= 15 is 0 Å². The van der Waals surface area contributed by atoms with E-state index in [-0.39, 0.29) is 5.25 Å². The normalized spacial score (nSPS) is 12.4. The second kappa shape index (κ2) is 6.68. The molecule has 0 amide bonds. The summed E-state index contributed by atoms with van der Waals surface area (Å²) in [4.78, 5) is 0.709. The summed E-state index contributed by atoms with van der Waals surface area (Å²) in [7, 11) is 0. The first-order chi connectivity index (χ1) is 9.20. The van der Waals surface area contributed by atoms with Gasteiger partial charge in [0, 0.05) is 10.1 Å². The van der Waals surface area contributed by atoms with Crippen LogP contribution in [0.2, 0.25) is 0 Å².